The molecule has 1 unspecified atom stereocenters. The lowest BCUT2D eigenvalue weighted by Gasteiger charge is -2.30. The summed E-state index contributed by atoms with van der Waals surface area (Å²) in [5.74, 6) is -6.18. The smallest absolute Gasteiger partial charge is 0.413 e. The van der Waals surface area contributed by atoms with Gasteiger partial charge in [-0.2, -0.15) is 13.2 Å². The number of hydrogen-bond donors (Lipinski definition) is 0. The Bertz CT molecular complexity index is 1170. The lowest BCUT2D eigenvalue weighted by Crippen LogP contribution is -2.46. The van der Waals surface area contributed by atoms with Crippen LogP contribution in [0.5, 0.6) is 17.4 Å². The number of anilines is 1. The Labute approximate surface area is 194 Å². The minimum absolute atomic E-state index is 0.0643. The maximum absolute atomic E-state index is 14.6. The van der Waals surface area contributed by atoms with Crippen molar-refractivity contribution < 1.29 is 46.2 Å². The minimum Gasteiger partial charge on any atom is -0.466 e. The highest BCUT2D eigenvalue weighted by Crippen LogP contribution is 2.40. The maximum Gasteiger partial charge on any atom is 0.413 e. The van der Waals surface area contributed by atoms with Gasteiger partial charge in [-0.15, -0.1) is 0 Å². The van der Waals surface area contributed by atoms with Gasteiger partial charge in [0, 0.05) is 18.2 Å². The van der Waals surface area contributed by atoms with Crippen LogP contribution in [0.15, 0.2) is 42.1 Å². The number of amides is 2. The molecule has 0 N–H and O–H groups in total. The van der Waals surface area contributed by atoms with Crippen LogP contribution in [0.25, 0.3) is 0 Å². The summed E-state index contributed by atoms with van der Waals surface area (Å²) < 4.78 is 68.9. The summed E-state index contributed by atoms with van der Waals surface area (Å²) >= 11 is 6.00. The summed E-state index contributed by atoms with van der Waals surface area (Å²) in [5.41, 5.74) is -1.96. The number of methoxy groups -OCH3 is 1. The third-order valence-electron chi connectivity index (χ3n) is 4.63. The first kappa shape index (κ1) is 25.0. The summed E-state index contributed by atoms with van der Waals surface area (Å²) in [6.45, 7) is 0.583. The molecule has 0 bridgehead atoms. The third-order valence-corrected chi connectivity index (χ3v) is 4.92. The zero-order valence-electron chi connectivity index (χ0n) is 17.5. The van der Waals surface area contributed by atoms with Crippen LogP contribution < -0.4 is 14.4 Å². The van der Waals surface area contributed by atoms with Crippen LogP contribution >= 0.6 is 11.6 Å². The van der Waals surface area contributed by atoms with E-state index in [9.17, 15) is 31.9 Å². The standard InChI is InChI=1S/C21H15ClF4N2O6/c1-10-12(21(24,25)26)5-18(29)28(20(10)31)15-7-16(13(22)6-14(15)23)34-11-3-4-17(27-8-11)33-9-19(30)32-2/h3-8,10H,9H2,1-2H3. The number of rotatable bonds is 6. The van der Waals surface area contributed by atoms with Gasteiger partial charge in [-0.05, 0) is 19.1 Å². The monoisotopic (exact) mass is 502 g/mol. The van der Waals surface area contributed by atoms with Gasteiger partial charge >= 0.3 is 12.1 Å². The molecule has 0 aliphatic carbocycles. The van der Waals surface area contributed by atoms with E-state index in [2.05, 4.69) is 9.72 Å². The second kappa shape index (κ2) is 9.67. The van der Waals surface area contributed by atoms with Gasteiger partial charge in [0.05, 0.1) is 35.5 Å². The normalized spacial score (nSPS) is 16.3. The highest BCUT2D eigenvalue weighted by Gasteiger charge is 2.46. The quantitative estimate of drug-likeness (QED) is 0.331. The number of halogens is 5. The molecular formula is C21H15ClF4N2O6. The molecule has 1 aliphatic heterocycles. The minimum atomic E-state index is -4.90. The number of alkyl halides is 3. The fourth-order valence-corrected chi connectivity index (χ4v) is 3.11. The van der Waals surface area contributed by atoms with Gasteiger partial charge in [-0.1, -0.05) is 11.6 Å². The van der Waals surface area contributed by atoms with E-state index in [1.165, 1.54) is 25.4 Å². The van der Waals surface area contributed by atoms with E-state index in [1.807, 2.05) is 0 Å². The average Bonchev–Trinajstić information content (AvgIpc) is 2.77. The first-order chi connectivity index (χ1) is 15.9. The largest absolute Gasteiger partial charge is 0.466 e. The summed E-state index contributed by atoms with van der Waals surface area (Å²) in [6.07, 6.45) is -3.47. The van der Waals surface area contributed by atoms with Gasteiger partial charge < -0.3 is 14.2 Å². The molecule has 1 aromatic carbocycles. The molecule has 13 heteroatoms. The first-order valence-corrected chi connectivity index (χ1v) is 9.79. The fraction of sp³-hybridized carbons (Fsp3) is 0.238. The van der Waals surface area contributed by atoms with Crippen molar-refractivity contribution in [3.05, 3.63) is 53.0 Å². The van der Waals surface area contributed by atoms with E-state index in [0.29, 0.717) is 4.90 Å². The van der Waals surface area contributed by atoms with Gasteiger partial charge in [0.25, 0.3) is 5.91 Å². The molecule has 0 saturated heterocycles. The van der Waals surface area contributed by atoms with E-state index < -0.39 is 47.0 Å². The summed E-state index contributed by atoms with van der Waals surface area (Å²) in [6, 6.07) is 4.38. The molecule has 1 aromatic heterocycles. The summed E-state index contributed by atoms with van der Waals surface area (Å²) in [4.78, 5) is 40.1. The van der Waals surface area contributed by atoms with Crippen LogP contribution in [0.2, 0.25) is 5.02 Å². The third kappa shape index (κ3) is 5.28. The van der Waals surface area contributed by atoms with E-state index >= 15 is 0 Å². The lowest BCUT2D eigenvalue weighted by molar-refractivity contribution is -0.143. The summed E-state index contributed by atoms with van der Waals surface area (Å²) in [7, 11) is 1.19. The van der Waals surface area contributed by atoms with Crippen molar-refractivity contribution in [3.8, 4) is 17.4 Å². The van der Waals surface area contributed by atoms with Crippen molar-refractivity contribution in [1.82, 2.24) is 4.98 Å². The lowest BCUT2D eigenvalue weighted by atomic mass is 9.94. The van der Waals surface area contributed by atoms with Crippen LogP contribution in [0.4, 0.5) is 23.2 Å². The molecule has 2 aromatic rings. The van der Waals surface area contributed by atoms with E-state index in [1.54, 1.807) is 0 Å². The molecule has 0 saturated carbocycles. The molecule has 180 valence electrons. The van der Waals surface area contributed by atoms with Crippen molar-refractivity contribution >= 4 is 35.1 Å². The van der Waals surface area contributed by atoms with Crippen molar-refractivity contribution in [1.29, 1.82) is 0 Å². The number of nitrogens with zero attached hydrogens (tertiary/aromatic N) is 2. The number of carbonyl (C=O) groups excluding carboxylic acids is 3. The van der Waals surface area contributed by atoms with Crippen molar-refractivity contribution in [3.63, 3.8) is 0 Å². The zero-order valence-corrected chi connectivity index (χ0v) is 18.2. The van der Waals surface area contributed by atoms with E-state index in [-0.39, 0.29) is 35.1 Å². The Kier molecular flexibility index (Phi) is 7.10. The van der Waals surface area contributed by atoms with E-state index in [4.69, 9.17) is 21.1 Å². The van der Waals surface area contributed by atoms with Crippen LogP contribution in [0.3, 0.4) is 0 Å². The van der Waals surface area contributed by atoms with Gasteiger partial charge in [0.1, 0.15) is 17.3 Å². The van der Waals surface area contributed by atoms with Crippen molar-refractivity contribution in [2.24, 2.45) is 5.92 Å². The highest BCUT2D eigenvalue weighted by molar-refractivity contribution is 6.32. The van der Waals surface area contributed by atoms with Crippen molar-refractivity contribution in [2.75, 3.05) is 18.6 Å². The molecule has 2 amide bonds. The Balaban J connectivity index is 1.87. The Morgan fingerprint density at radius 2 is 1.94 bits per heavy atom. The number of carbonyl (C=O) groups is 3. The van der Waals surface area contributed by atoms with Crippen LogP contribution in [0.1, 0.15) is 6.92 Å². The highest BCUT2D eigenvalue weighted by atomic mass is 35.5. The number of hydrogen-bond acceptors (Lipinski definition) is 7. The number of imide groups is 1. The summed E-state index contributed by atoms with van der Waals surface area (Å²) in [5, 5.41) is -0.247. The molecule has 3 rings (SSSR count). The topological polar surface area (TPSA) is 95.0 Å². The molecule has 0 fully saturated rings. The molecular weight excluding hydrogens is 488 g/mol. The fourth-order valence-electron chi connectivity index (χ4n) is 2.92. The predicted molar refractivity (Wildman–Crippen MR) is 109 cm³/mol. The number of aromatic nitrogens is 1. The predicted octanol–water partition coefficient (Wildman–Crippen LogP) is 4.22. The maximum atomic E-state index is 14.6. The number of benzene rings is 1. The average molecular weight is 503 g/mol. The number of ether oxygens (including phenoxy) is 3. The molecule has 0 radical (unpaired) electrons. The van der Waals surface area contributed by atoms with Gasteiger partial charge in [0.2, 0.25) is 11.8 Å². The van der Waals surface area contributed by atoms with Crippen LogP contribution in [0, 0.1) is 11.7 Å². The Morgan fingerprint density at radius 1 is 1.24 bits per heavy atom. The molecule has 8 nitrogen and oxygen atoms in total. The number of esters is 1. The van der Waals surface area contributed by atoms with E-state index in [0.717, 1.165) is 19.1 Å². The Morgan fingerprint density at radius 3 is 2.53 bits per heavy atom. The SMILES string of the molecule is COC(=O)COc1ccc(Oc2cc(N3C(=O)C=C(C(F)(F)F)C(C)C3=O)c(F)cc2Cl)cn1. The second-order valence-corrected chi connectivity index (χ2v) is 7.27. The van der Waals surface area contributed by atoms with Crippen molar-refractivity contribution in [2.45, 2.75) is 13.1 Å². The second-order valence-electron chi connectivity index (χ2n) is 6.86. The molecule has 0 spiro atoms. The number of pyridine rings is 1. The first-order valence-electron chi connectivity index (χ1n) is 9.41. The van der Waals surface area contributed by atoms with Crippen LogP contribution in [-0.2, 0) is 19.1 Å². The Hall–Kier alpha value is -3.67. The molecule has 1 aliphatic rings. The van der Waals surface area contributed by atoms with Gasteiger partial charge in [-0.25, -0.2) is 19.1 Å². The molecule has 34 heavy (non-hydrogen) atoms. The van der Waals surface area contributed by atoms with Gasteiger partial charge in [0.15, 0.2) is 6.61 Å². The molecule has 1 atom stereocenters. The van der Waals surface area contributed by atoms with Crippen LogP contribution in [-0.4, -0.2) is 42.7 Å². The zero-order chi connectivity index (χ0) is 25.2. The molecule has 2 heterocycles. The van der Waals surface area contributed by atoms with Gasteiger partial charge in [-0.3, -0.25) is 9.59 Å².